The molecule has 3 nitrogen and oxygen atoms in total. The van der Waals surface area contributed by atoms with Crippen LogP contribution in [-0.4, -0.2) is 22.3 Å². The summed E-state index contributed by atoms with van der Waals surface area (Å²) in [5.41, 5.74) is 1.64. The third-order valence-corrected chi connectivity index (χ3v) is 5.70. The van der Waals surface area contributed by atoms with Crippen molar-refractivity contribution in [2.45, 2.75) is 25.3 Å². The minimum Gasteiger partial charge on any atom is -0.329 e. The van der Waals surface area contributed by atoms with E-state index >= 15 is 0 Å². The van der Waals surface area contributed by atoms with E-state index in [9.17, 15) is 9.18 Å². The fraction of sp³-hybridized carbons (Fsp3) is 0.238. The molecule has 1 saturated heterocycles. The summed E-state index contributed by atoms with van der Waals surface area (Å²) in [6, 6.07) is 13.9. The van der Waals surface area contributed by atoms with Crippen molar-refractivity contribution in [1.82, 2.24) is 9.88 Å². The molecule has 1 atom stereocenters. The first kappa shape index (κ1) is 16.9. The predicted octanol–water partition coefficient (Wildman–Crippen LogP) is 5.32. The Morgan fingerprint density at radius 2 is 1.85 bits per heavy atom. The number of likely N-dealkylation sites (tertiary alicyclic amines) is 1. The van der Waals surface area contributed by atoms with E-state index in [2.05, 4.69) is 4.98 Å². The van der Waals surface area contributed by atoms with Crippen LogP contribution in [0.25, 0.3) is 11.1 Å². The highest BCUT2D eigenvalue weighted by molar-refractivity contribution is 7.09. The fourth-order valence-electron chi connectivity index (χ4n) is 3.57. The Morgan fingerprint density at radius 3 is 2.62 bits per heavy atom. The number of amides is 1. The first-order chi connectivity index (χ1) is 12.8. The van der Waals surface area contributed by atoms with Crippen LogP contribution in [0, 0.1) is 5.82 Å². The standard InChI is InChI=1S/C21H19FN2OS/c22-18-10-4-3-8-16(18)15-7-1-2-9-17(15)21(25)24-13-6-5-11-19(24)20-23-12-14-26-20/h1-4,7-10,12,14,19H,5-6,11,13H2/t19-/m0/s1. The summed E-state index contributed by atoms with van der Waals surface area (Å²) in [6.45, 7) is 0.703. The van der Waals surface area contributed by atoms with Gasteiger partial charge in [0.15, 0.2) is 0 Å². The van der Waals surface area contributed by atoms with Crippen LogP contribution in [0.1, 0.15) is 40.7 Å². The number of rotatable bonds is 3. The highest BCUT2D eigenvalue weighted by Crippen LogP contribution is 2.35. The zero-order chi connectivity index (χ0) is 17.9. The summed E-state index contributed by atoms with van der Waals surface area (Å²) in [5, 5.41) is 2.92. The van der Waals surface area contributed by atoms with E-state index in [4.69, 9.17) is 0 Å². The molecule has 2 heterocycles. The number of benzene rings is 2. The zero-order valence-corrected chi connectivity index (χ0v) is 15.1. The van der Waals surface area contributed by atoms with Crippen LogP contribution in [0.4, 0.5) is 4.39 Å². The number of halogens is 1. The van der Waals surface area contributed by atoms with Gasteiger partial charge in [-0.2, -0.15) is 0 Å². The third kappa shape index (κ3) is 3.15. The lowest BCUT2D eigenvalue weighted by Gasteiger charge is -2.35. The normalized spacial score (nSPS) is 17.3. The topological polar surface area (TPSA) is 33.2 Å². The minimum atomic E-state index is -0.317. The molecule has 132 valence electrons. The molecule has 0 radical (unpaired) electrons. The Bertz CT molecular complexity index is 910. The van der Waals surface area contributed by atoms with E-state index in [1.165, 1.54) is 6.07 Å². The highest BCUT2D eigenvalue weighted by atomic mass is 32.1. The second kappa shape index (κ2) is 7.38. The van der Waals surface area contributed by atoms with Crippen molar-refractivity contribution >= 4 is 17.2 Å². The van der Waals surface area contributed by atoms with Crippen molar-refractivity contribution in [3.63, 3.8) is 0 Å². The van der Waals surface area contributed by atoms with E-state index in [1.807, 2.05) is 28.5 Å². The molecule has 26 heavy (non-hydrogen) atoms. The van der Waals surface area contributed by atoms with Gasteiger partial charge in [0, 0.05) is 29.2 Å². The van der Waals surface area contributed by atoms with Gasteiger partial charge in [-0.05, 0) is 37.0 Å². The molecule has 0 spiro atoms. The molecular weight excluding hydrogens is 347 g/mol. The number of nitrogens with zero attached hydrogens (tertiary/aromatic N) is 2. The smallest absolute Gasteiger partial charge is 0.255 e. The van der Waals surface area contributed by atoms with Crippen molar-refractivity contribution in [3.8, 4) is 11.1 Å². The largest absolute Gasteiger partial charge is 0.329 e. The summed E-state index contributed by atoms with van der Waals surface area (Å²) in [4.78, 5) is 19.7. The second-order valence-corrected chi connectivity index (χ2v) is 7.33. The maximum atomic E-state index is 14.3. The molecule has 0 unspecified atom stereocenters. The predicted molar refractivity (Wildman–Crippen MR) is 102 cm³/mol. The minimum absolute atomic E-state index is 0.00456. The van der Waals surface area contributed by atoms with Crippen LogP contribution in [0.2, 0.25) is 0 Å². The first-order valence-electron chi connectivity index (χ1n) is 8.80. The van der Waals surface area contributed by atoms with Crippen LogP contribution < -0.4 is 0 Å². The van der Waals surface area contributed by atoms with Crippen molar-refractivity contribution < 1.29 is 9.18 Å². The van der Waals surface area contributed by atoms with E-state index in [-0.39, 0.29) is 17.8 Å². The van der Waals surface area contributed by atoms with Crippen LogP contribution in [0.3, 0.4) is 0 Å². The third-order valence-electron chi connectivity index (χ3n) is 4.82. The van der Waals surface area contributed by atoms with Gasteiger partial charge in [0.2, 0.25) is 0 Å². The van der Waals surface area contributed by atoms with Gasteiger partial charge in [0.25, 0.3) is 5.91 Å². The molecule has 0 aliphatic carbocycles. The lowest BCUT2D eigenvalue weighted by Crippen LogP contribution is -2.38. The van der Waals surface area contributed by atoms with Gasteiger partial charge in [-0.1, -0.05) is 36.4 Å². The van der Waals surface area contributed by atoms with Crippen LogP contribution in [0.15, 0.2) is 60.1 Å². The van der Waals surface area contributed by atoms with Crippen molar-refractivity contribution in [2.75, 3.05) is 6.54 Å². The van der Waals surface area contributed by atoms with Crippen LogP contribution >= 0.6 is 11.3 Å². The van der Waals surface area contributed by atoms with Crippen molar-refractivity contribution in [2.24, 2.45) is 0 Å². The molecule has 1 aliphatic heterocycles. The average molecular weight is 366 g/mol. The van der Waals surface area contributed by atoms with Crippen LogP contribution in [-0.2, 0) is 0 Å². The van der Waals surface area contributed by atoms with Crippen molar-refractivity contribution in [1.29, 1.82) is 0 Å². The van der Waals surface area contributed by atoms with Gasteiger partial charge < -0.3 is 4.90 Å². The number of hydrogen-bond donors (Lipinski definition) is 0. The Labute approximate surface area is 156 Å². The number of aromatic nitrogens is 1. The van der Waals surface area contributed by atoms with E-state index in [0.717, 1.165) is 24.3 Å². The molecular formula is C21H19FN2OS. The first-order valence-corrected chi connectivity index (χ1v) is 9.68. The molecule has 1 aliphatic rings. The number of carbonyl (C=O) groups is 1. The van der Waals surface area contributed by atoms with Gasteiger partial charge in [-0.3, -0.25) is 4.79 Å². The average Bonchev–Trinajstić information content (AvgIpc) is 3.23. The monoisotopic (exact) mass is 366 g/mol. The molecule has 1 amide bonds. The SMILES string of the molecule is O=C(c1ccccc1-c1ccccc1F)N1CCCC[C@H]1c1nccs1. The Morgan fingerprint density at radius 1 is 1.08 bits per heavy atom. The Hall–Kier alpha value is -2.53. The molecule has 0 saturated carbocycles. The number of carbonyl (C=O) groups excluding carboxylic acids is 1. The van der Waals surface area contributed by atoms with Crippen molar-refractivity contribution in [3.05, 3.63) is 76.5 Å². The van der Waals surface area contributed by atoms with E-state index in [0.29, 0.717) is 23.2 Å². The maximum absolute atomic E-state index is 14.3. The Kier molecular flexibility index (Phi) is 4.80. The molecule has 3 aromatic rings. The summed E-state index contributed by atoms with van der Waals surface area (Å²) < 4.78 is 14.3. The summed E-state index contributed by atoms with van der Waals surface area (Å²) in [7, 11) is 0. The number of thiazole rings is 1. The summed E-state index contributed by atoms with van der Waals surface area (Å²) in [5.74, 6) is -0.369. The Balaban J connectivity index is 1.73. The molecule has 4 rings (SSSR count). The summed E-state index contributed by atoms with van der Waals surface area (Å²) in [6.07, 6.45) is 4.77. The lowest BCUT2D eigenvalue weighted by atomic mass is 9.96. The van der Waals surface area contributed by atoms with Gasteiger partial charge >= 0.3 is 0 Å². The zero-order valence-electron chi connectivity index (χ0n) is 14.3. The quantitative estimate of drug-likeness (QED) is 0.629. The summed E-state index contributed by atoms with van der Waals surface area (Å²) >= 11 is 1.58. The fourth-order valence-corrected chi connectivity index (χ4v) is 4.35. The van der Waals surface area contributed by atoms with Gasteiger partial charge in [-0.15, -0.1) is 11.3 Å². The number of hydrogen-bond acceptors (Lipinski definition) is 3. The van der Waals surface area contributed by atoms with E-state index < -0.39 is 0 Å². The van der Waals surface area contributed by atoms with Gasteiger partial charge in [-0.25, -0.2) is 9.37 Å². The lowest BCUT2D eigenvalue weighted by molar-refractivity contribution is 0.0612. The van der Waals surface area contributed by atoms with E-state index in [1.54, 1.807) is 41.8 Å². The second-order valence-electron chi connectivity index (χ2n) is 6.41. The van der Waals surface area contributed by atoms with Crippen LogP contribution in [0.5, 0.6) is 0 Å². The number of piperidine rings is 1. The van der Waals surface area contributed by atoms with Gasteiger partial charge in [0.1, 0.15) is 10.8 Å². The molecule has 0 bridgehead atoms. The highest BCUT2D eigenvalue weighted by Gasteiger charge is 2.31. The van der Waals surface area contributed by atoms with Gasteiger partial charge in [0.05, 0.1) is 6.04 Å². The molecule has 5 heteroatoms. The molecule has 2 aromatic carbocycles. The molecule has 1 aromatic heterocycles. The molecule has 0 N–H and O–H groups in total. The maximum Gasteiger partial charge on any atom is 0.255 e. The molecule has 1 fully saturated rings.